The lowest BCUT2D eigenvalue weighted by Gasteiger charge is -2.26. The molecule has 0 spiro atoms. The summed E-state index contributed by atoms with van der Waals surface area (Å²) in [7, 11) is 0. The zero-order valence-corrected chi connectivity index (χ0v) is 18.3. The number of benzene rings is 4. The minimum atomic E-state index is 0.332. The third-order valence-corrected chi connectivity index (χ3v) is 7.11. The van der Waals surface area contributed by atoms with Gasteiger partial charge in [0.25, 0.3) is 0 Å². The van der Waals surface area contributed by atoms with E-state index >= 15 is 0 Å². The van der Waals surface area contributed by atoms with E-state index in [0.29, 0.717) is 5.92 Å². The molecule has 1 atom stereocenters. The summed E-state index contributed by atoms with van der Waals surface area (Å²) >= 11 is 0. The molecule has 1 heteroatoms. The third-order valence-electron chi connectivity index (χ3n) is 7.11. The fraction of sp³-hybridized carbons (Fsp3) is 0.0625. The van der Waals surface area contributed by atoms with Crippen LogP contribution < -0.4 is 0 Å². The number of nitrogens with zero attached hydrogens (tertiary/aromatic N) is 1. The molecule has 2 aliphatic rings. The van der Waals surface area contributed by atoms with Crippen molar-refractivity contribution >= 4 is 23.1 Å². The molecule has 0 saturated heterocycles. The molecule has 0 fully saturated rings. The quantitative estimate of drug-likeness (QED) is 0.270. The zero-order valence-electron chi connectivity index (χ0n) is 18.3. The van der Waals surface area contributed by atoms with Crippen LogP contribution >= 0.6 is 0 Å². The minimum Gasteiger partial charge on any atom is -0.312 e. The monoisotopic (exact) mass is 421 g/mol. The van der Waals surface area contributed by atoms with Gasteiger partial charge >= 0.3 is 0 Å². The van der Waals surface area contributed by atoms with Gasteiger partial charge in [0.2, 0.25) is 0 Å². The summed E-state index contributed by atoms with van der Waals surface area (Å²) in [6, 6.07) is 37.4. The van der Waals surface area contributed by atoms with Crippen molar-refractivity contribution in [3.63, 3.8) is 0 Å². The maximum Gasteiger partial charge on any atom is 0.0537 e. The molecule has 5 aromatic rings. The number of hydrogen-bond donors (Lipinski definition) is 0. The maximum atomic E-state index is 2.51. The van der Waals surface area contributed by atoms with Crippen LogP contribution in [0.15, 0.2) is 115 Å². The summed E-state index contributed by atoms with van der Waals surface area (Å²) in [4.78, 5) is 0. The van der Waals surface area contributed by atoms with Gasteiger partial charge in [-0.1, -0.05) is 103 Å². The van der Waals surface area contributed by atoms with Crippen LogP contribution in [0.25, 0.3) is 39.9 Å². The van der Waals surface area contributed by atoms with Gasteiger partial charge in [0.15, 0.2) is 0 Å². The molecule has 1 heterocycles. The molecule has 33 heavy (non-hydrogen) atoms. The van der Waals surface area contributed by atoms with Gasteiger partial charge in [0.05, 0.1) is 5.52 Å². The Labute approximate surface area is 194 Å². The van der Waals surface area contributed by atoms with Crippen LogP contribution in [0.3, 0.4) is 0 Å². The van der Waals surface area contributed by atoms with Crippen molar-refractivity contribution in [1.82, 2.24) is 4.57 Å². The Balaban J connectivity index is 1.54. The minimum absolute atomic E-state index is 0.332. The Morgan fingerprint density at radius 1 is 0.667 bits per heavy atom. The molecule has 0 radical (unpaired) electrons. The van der Waals surface area contributed by atoms with Crippen LogP contribution in [0.1, 0.15) is 34.7 Å². The van der Waals surface area contributed by atoms with Crippen LogP contribution in [0.4, 0.5) is 0 Å². The normalized spacial score (nSPS) is 16.1. The van der Waals surface area contributed by atoms with E-state index in [1.807, 2.05) is 0 Å². The highest BCUT2D eigenvalue weighted by Crippen LogP contribution is 2.46. The second-order valence-electron chi connectivity index (χ2n) is 9.01. The van der Waals surface area contributed by atoms with E-state index in [-0.39, 0.29) is 0 Å². The van der Waals surface area contributed by atoms with E-state index in [9.17, 15) is 0 Å². The number of rotatable bonds is 2. The van der Waals surface area contributed by atoms with Gasteiger partial charge in [-0.2, -0.15) is 0 Å². The lowest BCUT2D eigenvalue weighted by atomic mass is 9.81. The molecule has 1 aromatic heterocycles. The summed E-state index contributed by atoms with van der Waals surface area (Å²) in [5.74, 6) is 0.332. The number of hydrogen-bond acceptors (Lipinski definition) is 0. The van der Waals surface area contributed by atoms with Gasteiger partial charge in [-0.25, -0.2) is 0 Å². The summed E-state index contributed by atoms with van der Waals surface area (Å²) in [5.41, 5.74) is 11.9. The van der Waals surface area contributed by atoms with E-state index in [2.05, 4.69) is 126 Å². The topological polar surface area (TPSA) is 4.93 Å². The summed E-state index contributed by atoms with van der Waals surface area (Å²) in [6.45, 7) is 0. The van der Waals surface area contributed by atoms with E-state index in [4.69, 9.17) is 0 Å². The predicted molar refractivity (Wildman–Crippen MR) is 139 cm³/mol. The first-order chi connectivity index (χ1) is 16.4. The average molecular weight is 422 g/mol. The molecule has 2 bridgehead atoms. The highest BCUT2D eigenvalue weighted by Gasteiger charge is 2.30. The van der Waals surface area contributed by atoms with Crippen molar-refractivity contribution in [3.8, 4) is 16.8 Å². The van der Waals surface area contributed by atoms with Crippen molar-refractivity contribution < 1.29 is 0 Å². The van der Waals surface area contributed by atoms with Gasteiger partial charge in [-0.3, -0.25) is 0 Å². The van der Waals surface area contributed by atoms with Crippen molar-refractivity contribution in [2.24, 2.45) is 0 Å². The molecule has 2 aliphatic carbocycles. The van der Waals surface area contributed by atoms with Crippen molar-refractivity contribution in [3.05, 3.63) is 137 Å². The number of para-hydroxylation sites is 1. The zero-order chi connectivity index (χ0) is 21.8. The van der Waals surface area contributed by atoms with E-state index in [1.54, 1.807) is 0 Å². The summed E-state index contributed by atoms with van der Waals surface area (Å²) in [5, 5.41) is 1.32. The molecule has 1 unspecified atom stereocenters. The van der Waals surface area contributed by atoms with Crippen LogP contribution in [-0.4, -0.2) is 4.57 Å². The van der Waals surface area contributed by atoms with E-state index in [0.717, 1.165) is 6.42 Å². The van der Waals surface area contributed by atoms with Gasteiger partial charge in [-0.15, -0.1) is 0 Å². The van der Waals surface area contributed by atoms with Gasteiger partial charge in [0, 0.05) is 28.2 Å². The van der Waals surface area contributed by atoms with Crippen molar-refractivity contribution in [2.45, 2.75) is 12.3 Å². The fourth-order valence-electron chi connectivity index (χ4n) is 5.65. The van der Waals surface area contributed by atoms with Crippen molar-refractivity contribution in [1.29, 1.82) is 0 Å². The van der Waals surface area contributed by atoms with Gasteiger partial charge in [0.1, 0.15) is 0 Å². The number of fused-ring (bicyclic) bond motifs is 8. The predicted octanol–water partition coefficient (Wildman–Crippen LogP) is 8.24. The third kappa shape index (κ3) is 2.86. The SMILES string of the molecule is C1=Cc2c(n(-c3cccc(-c4ccccc4)c3)c3ccccc23)C2CC1=Cc1ccccc12. The van der Waals surface area contributed by atoms with E-state index < -0.39 is 0 Å². The molecule has 0 aliphatic heterocycles. The molecular weight excluding hydrogens is 398 g/mol. The van der Waals surface area contributed by atoms with Crippen LogP contribution in [-0.2, 0) is 0 Å². The highest BCUT2D eigenvalue weighted by atomic mass is 15.0. The molecule has 0 N–H and O–H groups in total. The van der Waals surface area contributed by atoms with Gasteiger partial charge < -0.3 is 4.57 Å². The largest absolute Gasteiger partial charge is 0.312 e. The lowest BCUT2D eigenvalue weighted by Crippen LogP contribution is -2.12. The smallest absolute Gasteiger partial charge is 0.0537 e. The van der Waals surface area contributed by atoms with Crippen molar-refractivity contribution in [2.75, 3.05) is 0 Å². The Morgan fingerprint density at radius 3 is 2.39 bits per heavy atom. The molecule has 0 amide bonds. The highest BCUT2D eigenvalue weighted by molar-refractivity contribution is 5.94. The van der Waals surface area contributed by atoms with Gasteiger partial charge in [-0.05, 0) is 52.4 Å². The number of aromatic nitrogens is 1. The second-order valence-corrected chi connectivity index (χ2v) is 9.01. The second kappa shape index (κ2) is 7.21. The maximum absolute atomic E-state index is 2.51. The fourth-order valence-corrected chi connectivity index (χ4v) is 5.65. The molecule has 1 nitrogen and oxygen atoms in total. The molecule has 156 valence electrons. The van der Waals surface area contributed by atoms with Crippen LogP contribution in [0.5, 0.6) is 0 Å². The standard InChI is InChI=1S/C32H23N/c1-2-9-23(10-3-1)24-12-8-13-26(21-24)33-31-16-7-6-15-28(31)29-18-17-22-19-25-11-4-5-14-27(25)30(20-22)32(29)33/h1-19,21,30H,20H2. The van der Waals surface area contributed by atoms with E-state index in [1.165, 1.54) is 55.7 Å². The Morgan fingerprint density at radius 2 is 1.45 bits per heavy atom. The van der Waals surface area contributed by atoms with Crippen LogP contribution in [0.2, 0.25) is 0 Å². The van der Waals surface area contributed by atoms with Crippen LogP contribution in [0, 0.1) is 0 Å². The average Bonchev–Trinajstić information content (AvgIpc) is 3.13. The molecule has 4 aromatic carbocycles. The Hall–Kier alpha value is -4.10. The Bertz CT molecular complexity index is 1580. The summed E-state index contributed by atoms with van der Waals surface area (Å²) < 4.78 is 2.51. The first-order valence-electron chi connectivity index (χ1n) is 11.6. The molecular formula is C32H23N. The first kappa shape index (κ1) is 18.5. The number of allylic oxidation sites excluding steroid dienone is 2. The summed E-state index contributed by atoms with van der Waals surface area (Å²) in [6.07, 6.45) is 8.06. The first-order valence-corrected chi connectivity index (χ1v) is 11.6. The lowest BCUT2D eigenvalue weighted by molar-refractivity contribution is 0.752. The molecule has 7 rings (SSSR count). The Kier molecular flexibility index (Phi) is 4.04. The molecule has 0 saturated carbocycles.